The highest BCUT2D eigenvalue weighted by Crippen LogP contribution is 2.27. The predicted octanol–water partition coefficient (Wildman–Crippen LogP) is 2.84. The number of aliphatic hydroxyl groups is 1. The first kappa shape index (κ1) is 16.8. The molecule has 0 radical (unpaired) electrons. The molecular formula is C15H16O5S. The second-order valence-electron chi connectivity index (χ2n) is 3.71. The number of aliphatic hydroxyl groups excluding tert-OH is 1. The van der Waals surface area contributed by atoms with Gasteiger partial charge in [0.25, 0.3) is 0 Å². The molecule has 0 aromatic heterocycles. The fraction of sp³-hybridized carbons (Fsp3) is 0.200. The van der Waals surface area contributed by atoms with Crippen LogP contribution in [0.25, 0.3) is 0 Å². The van der Waals surface area contributed by atoms with Crippen LogP contribution in [0, 0.1) is 0 Å². The van der Waals surface area contributed by atoms with Crippen LogP contribution in [0.15, 0.2) is 58.0 Å². The molecule has 21 heavy (non-hydrogen) atoms. The summed E-state index contributed by atoms with van der Waals surface area (Å²) in [5.41, 5.74) is 0. The smallest absolute Gasteiger partial charge is 0.373 e. The molecule has 0 aliphatic heterocycles. The molecule has 1 N–H and O–H groups in total. The molecule has 1 rings (SSSR count). The quantitative estimate of drug-likeness (QED) is 0.286. The minimum Gasteiger partial charge on any atom is -0.502 e. The second-order valence-corrected chi connectivity index (χ2v) is 4.83. The van der Waals surface area contributed by atoms with Crippen LogP contribution in [-0.2, 0) is 19.1 Å². The summed E-state index contributed by atoms with van der Waals surface area (Å²) in [6, 6.07) is 9.19. The summed E-state index contributed by atoms with van der Waals surface area (Å²) in [6.45, 7) is 1.79. The molecule has 0 saturated carbocycles. The van der Waals surface area contributed by atoms with Crippen molar-refractivity contribution in [1.29, 1.82) is 0 Å². The van der Waals surface area contributed by atoms with Crippen molar-refractivity contribution in [2.45, 2.75) is 11.8 Å². The molecule has 0 fully saturated rings. The topological polar surface area (TPSA) is 72.8 Å². The van der Waals surface area contributed by atoms with Crippen LogP contribution in [-0.4, -0.2) is 30.8 Å². The number of carbonyl (C=O) groups is 2. The number of methoxy groups -OCH3 is 1. The maximum absolute atomic E-state index is 11.7. The predicted molar refractivity (Wildman–Crippen MR) is 79.7 cm³/mol. The number of hydrogen-bond acceptors (Lipinski definition) is 6. The number of ether oxygens (including phenoxy) is 2. The number of thioether (sulfide) groups is 1. The molecule has 0 saturated heterocycles. The van der Waals surface area contributed by atoms with E-state index >= 15 is 0 Å². The summed E-state index contributed by atoms with van der Waals surface area (Å²) < 4.78 is 9.30. The maximum atomic E-state index is 11.7. The summed E-state index contributed by atoms with van der Waals surface area (Å²) in [7, 11) is 1.26. The van der Waals surface area contributed by atoms with Gasteiger partial charge in [-0.15, -0.1) is 0 Å². The van der Waals surface area contributed by atoms with Crippen molar-refractivity contribution in [2.75, 3.05) is 13.7 Å². The average molecular weight is 308 g/mol. The average Bonchev–Trinajstić information content (AvgIpc) is 2.51. The summed E-state index contributed by atoms with van der Waals surface area (Å²) in [5, 5.41) is 9.50. The highest BCUT2D eigenvalue weighted by atomic mass is 32.2. The Balaban J connectivity index is 2.92. The summed E-state index contributed by atoms with van der Waals surface area (Å²) in [5.74, 6) is -1.98. The van der Waals surface area contributed by atoms with E-state index in [4.69, 9.17) is 0 Å². The Kier molecular flexibility index (Phi) is 7.11. The minimum atomic E-state index is -0.845. The van der Waals surface area contributed by atoms with Crippen molar-refractivity contribution in [2.24, 2.45) is 0 Å². The molecule has 112 valence electrons. The number of rotatable bonds is 6. The lowest BCUT2D eigenvalue weighted by Crippen LogP contribution is -2.07. The SMILES string of the molecule is CCOC(=O)/C(O)=C/C=C(\Sc1ccccc1)C(=O)OC. The van der Waals surface area contributed by atoms with E-state index in [-0.39, 0.29) is 11.5 Å². The Morgan fingerprint density at radius 2 is 1.86 bits per heavy atom. The molecule has 0 aliphatic rings. The van der Waals surface area contributed by atoms with E-state index < -0.39 is 17.7 Å². The Morgan fingerprint density at radius 3 is 2.43 bits per heavy atom. The maximum Gasteiger partial charge on any atom is 0.373 e. The largest absolute Gasteiger partial charge is 0.502 e. The van der Waals surface area contributed by atoms with Crippen LogP contribution in [0.4, 0.5) is 0 Å². The number of carbonyl (C=O) groups excluding carboxylic acids is 2. The van der Waals surface area contributed by atoms with Gasteiger partial charge >= 0.3 is 11.9 Å². The van der Waals surface area contributed by atoms with E-state index in [1.54, 1.807) is 6.92 Å². The van der Waals surface area contributed by atoms with Gasteiger partial charge < -0.3 is 14.6 Å². The first-order valence-corrected chi connectivity index (χ1v) is 6.99. The fourth-order valence-electron chi connectivity index (χ4n) is 1.29. The van der Waals surface area contributed by atoms with Crippen molar-refractivity contribution in [3.8, 4) is 0 Å². The molecule has 0 heterocycles. The summed E-state index contributed by atoms with van der Waals surface area (Å²) in [4.78, 5) is 24.0. The molecule has 0 aliphatic carbocycles. The van der Waals surface area contributed by atoms with Gasteiger partial charge in [0.2, 0.25) is 5.76 Å². The molecule has 0 amide bonds. The molecule has 5 nitrogen and oxygen atoms in total. The lowest BCUT2D eigenvalue weighted by molar-refractivity contribution is -0.141. The molecule has 0 unspecified atom stereocenters. The third kappa shape index (κ3) is 5.74. The Bertz CT molecular complexity index is 548. The van der Waals surface area contributed by atoms with Crippen LogP contribution < -0.4 is 0 Å². The van der Waals surface area contributed by atoms with Crippen molar-refractivity contribution in [3.05, 3.63) is 53.1 Å². The zero-order valence-electron chi connectivity index (χ0n) is 11.7. The molecule has 0 atom stereocenters. The lowest BCUT2D eigenvalue weighted by atomic mass is 10.4. The molecule has 0 bridgehead atoms. The summed E-state index contributed by atoms with van der Waals surface area (Å²) >= 11 is 1.17. The number of benzene rings is 1. The van der Waals surface area contributed by atoms with Gasteiger partial charge in [0.05, 0.1) is 18.6 Å². The zero-order chi connectivity index (χ0) is 15.7. The number of allylic oxidation sites excluding steroid dienone is 2. The van der Waals surface area contributed by atoms with Gasteiger partial charge in [-0.25, -0.2) is 9.59 Å². The van der Waals surface area contributed by atoms with E-state index in [2.05, 4.69) is 9.47 Å². The van der Waals surface area contributed by atoms with Crippen LogP contribution in [0.5, 0.6) is 0 Å². The zero-order valence-corrected chi connectivity index (χ0v) is 12.6. The fourth-order valence-corrected chi connectivity index (χ4v) is 2.14. The second kappa shape index (κ2) is 8.86. The first-order valence-electron chi connectivity index (χ1n) is 6.17. The standard InChI is InChI=1S/C15H16O5S/c1-3-20-14(17)12(16)9-10-13(15(18)19-2)21-11-7-5-4-6-8-11/h4-10,16H,3H2,1-2H3/b12-9-,13-10-. The monoisotopic (exact) mass is 308 g/mol. The van der Waals surface area contributed by atoms with E-state index in [1.807, 2.05) is 30.3 Å². The van der Waals surface area contributed by atoms with Gasteiger partial charge in [-0.3, -0.25) is 0 Å². The van der Waals surface area contributed by atoms with Gasteiger partial charge in [0.1, 0.15) is 0 Å². The van der Waals surface area contributed by atoms with E-state index in [0.29, 0.717) is 0 Å². The van der Waals surface area contributed by atoms with Gasteiger partial charge in [0.15, 0.2) is 0 Å². The van der Waals surface area contributed by atoms with Crippen molar-refractivity contribution in [1.82, 2.24) is 0 Å². The minimum absolute atomic E-state index is 0.156. The number of hydrogen-bond donors (Lipinski definition) is 1. The third-order valence-electron chi connectivity index (χ3n) is 2.23. The normalized spacial score (nSPS) is 11.9. The van der Waals surface area contributed by atoms with E-state index in [9.17, 15) is 14.7 Å². The first-order chi connectivity index (χ1) is 10.1. The molecule has 1 aromatic rings. The van der Waals surface area contributed by atoms with Crippen molar-refractivity contribution in [3.63, 3.8) is 0 Å². The van der Waals surface area contributed by atoms with Crippen LogP contribution in [0.1, 0.15) is 6.92 Å². The van der Waals surface area contributed by atoms with Crippen LogP contribution >= 0.6 is 11.8 Å². The molecule has 6 heteroatoms. The Labute approximate surface area is 127 Å². The Hall–Kier alpha value is -2.21. The highest BCUT2D eigenvalue weighted by Gasteiger charge is 2.12. The van der Waals surface area contributed by atoms with Crippen LogP contribution in [0.2, 0.25) is 0 Å². The summed E-state index contributed by atoms with van der Waals surface area (Å²) in [6.07, 6.45) is 2.43. The lowest BCUT2D eigenvalue weighted by Gasteiger charge is -2.04. The van der Waals surface area contributed by atoms with Gasteiger partial charge in [-0.2, -0.15) is 0 Å². The van der Waals surface area contributed by atoms with Gasteiger partial charge in [-0.1, -0.05) is 30.0 Å². The molecular weight excluding hydrogens is 292 g/mol. The Morgan fingerprint density at radius 1 is 1.19 bits per heavy atom. The van der Waals surface area contributed by atoms with Gasteiger partial charge in [-0.05, 0) is 31.2 Å². The van der Waals surface area contributed by atoms with Crippen LogP contribution in [0.3, 0.4) is 0 Å². The van der Waals surface area contributed by atoms with E-state index in [1.165, 1.54) is 24.9 Å². The van der Waals surface area contributed by atoms with E-state index in [0.717, 1.165) is 11.0 Å². The molecule has 0 spiro atoms. The highest BCUT2D eigenvalue weighted by molar-refractivity contribution is 8.04. The van der Waals surface area contributed by atoms with Gasteiger partial charge in [0, 0.05) is 4.90 Å². The molecule has 1 aromatic carbocycles. The van der Waals surface area contributed by atoms with Crippen molar-refractivity contribution >= 4 is 23.7 Å². The third-order valence-corrected chi connectivity index (χ3v) is 3.27. The number of esters is 2. The van der Waals surface area contributed by atoms with Crippen molar-refractivity contribution < 1.29 is 24.2 Å².